The number of hydrogen-bond acceptors (Lipinski definition) is 5. The van der Waals surface area contributed by atoms with E-state index in [0.29, 0.717) is 5.56 Å². The molecule has 7 nitrogen and oxygen atoms in total. The second-order valence-corrected chi connectivity index (χ2v) is 4.12. The Morgan fingerprint density at radius 2 is 2.11 bits per heavy atom. The van der Waals surface area contributed by atoms with Crippen LogP contribution in [0.25, 0.3) is 0 Å². The molecule has 0 aliphatic rings. The molecular weight excluding hydrogens is 268 g/mol. The predicted molar refractivity (Wildman–Crippen MR) is 72.2 cm³/mol. The number of nitrogens with zero attached hydrogens (tertiary/aromatic N) is 1. The topological polar surface area (TPSA) is 124 Å². The molecule has 8 heteroatoms. The SMILES string of the molecule is NC(=S)c1cn[nH]c1NC(=O)c1ccc(O)c(O)c1. The Balaban J connectivity index is 2.23. The van der Waals surface area contributed by atoms with Crippen LogP contribution < -0.4 is 11.1 Å². The number of carbonyl (C=O) groups excluding carboxylic acids is 1. The van der Waals surface area contributed by atoms with Crippen molar-refractivity contribution in [2.75, 3.05) is 5.32 Å². The highest BCUT2D eigenvalue weighted by molar-refractivity contribution is 7.80. The zero-order chi connectivity index (χ0) is 14.0. The van der Waals surface area contributed by atoms with Gasteiger partial charge in [-0.1, -0.05) is 12.2 Å². The van der Waals surface area contributed by atoms with Gasteiger partial charge in [-0.15, -0.1) is 0 Å². The first-order valence-corrected chi connectivity index (χ1v) is 5.56. The lowest BCUT2D eigenvalue weighted by Gasteiger charge is -2.06. The third kappa shape index (κ3) is 2.63. The summed E-state index contributed by atoms with van der Waals surface area (Å²) in [5.74, 6) is -0.921. The molecule has 19 heavy (non-hydrogen) atoms. The lowest BCUT2D eigenvalue weighted by Crippen LogP contribution is -2.16. The van der Waals surface area contributed by atoms with Crippen LogP contribution in [0.5, 0.6) is 11.5 Å². The number of H-pyrrole nitrogens is 1. The van der Waals surface area contributed by atoms with Crippen LogP contribution in [0.3, 0.4) is 0 Å². The number of carbonyl (C=O) groups is 1. The van der Waals surface area contributed by atoms with Gasteiger partial charge in [0.25, 0.3) is 5.91 Å². The van der Waals surface area contributed by atoms with E-state index in [4.69, 9.17) is 23.1 Å². The molecule has 1 aromatic heterocycles. The van der Waals surface area contributed by atoms with E-state index in [9.17, 15) is 9.90 Å². The van der Waals surface area contributed by atoms with Crippen molar-refractivity contribution in [3.63, 3.8) is 0 Å². The first kappa shape index (κ1) is 12.8. The number of anilines is 1. The normalized spacial score (nSPS) is 10.1. The van der Waals surface area contributed by atoms with E-state index in [1.165, 1.54) is 18.3 Å². The molecule has 2 aromatic rings. The zero-order valence-corrected chi connectivity index (χ0v) is 10.4. The second kappa shape index (κ2) is 4.94. The maximum atomic E-state index is 11.9. The number of rotatable bonds is 3. The maximum absolute atomic E-state index is 11.9. The van der Waals surface area contributed by atoms with Gasteiger partial charge in [0.05, 0.1) is 11.8 Å². The number of amides is 1. The summed E-state index contributed by atoms with van der Waals surface area (Å²) >= 11 is 4.80. The van der Waals surface area contributed by atoms with Gasteiger partial charge in [0, 0.05) is 5.56 Å². The summed E-state index contributed by atoms with van der Waals surface area (Å²) in [6.45, 7) is 0. The minimum atomic E-state index is -0.503. The first-order valence-electron chi connectivity index (χ1n) is 5.15. The van der Waals surface area contributed by atoms with E-state index in [2.05, 4.69) is 15.5 Å². The fraction of sp³-hybridized carbons (Fsp3) is 0. The quantitative estimate of drug-likeness (QED) is 0.416. The highest BCUT2D eigenvalue weighted by atomic mass is 32.1. The molecule has 0 saturated carbocycles. The van der Waals surface area contributed by atoms with Crippen molar-refractivity contribution >= 4 is 28.9 Å². The molecule has 0 radical (unpaired) electrons. The number of nitrogens with one attached hydrogen (secondary N) is 2. The molecule has 0 aliphatic heterocycles. The molecule has 0 spiro atoms. The van der Waals surface area contributed by atoms with Gasteiger partial charge in [0.2, 0.25) is 0 Å². The summed E-state index contributed by atoms with van der Waals surface area (Å²) in [6.07, 6.45) is 1.40. The molecule has 6 N–H and O–H groups in total. The molecule has 0 saturated heterocycles. The summed E-state index contributed by atoms with van der Waals surface area (Å²) in [6, 6.07) is 3.72. The molecule has 1 heterocycles. The number of nitrogens with two attached hydrogens (primary N) is 1. The number of benzene rings is 1. The van der Waals surface area contributed by atoms with Gasteiger partial charge in [-0.05, 0) is 18.2 Å². The van der Waals surface area contributed by atoms with Crippen LogP contribution in [0.4, 0.5) is 5.82 Å². The van der Waals surface area contributed by atoms with Crippen molar-refractivity contribution in [2.24, 2.45) is 5.73 Å². The van der Waals surface area contributed by atoms with E-state index in [-0.39, 0.29) is 27.9 Å². The molecule has 1 aromatic carbocycles. The minimum Gasteiger partial charge on any atom is -0.504 e. The summed E-state index contributed by atoms with van der Waals surface area (Å²) in [5.41, 5.74) is 6.04. The standard InChI is InChI=1S/C11H10N4O3S/c12-9(19)6-4-13-15-10(6)14-11(18)5-1-2-7(16)8(17)3-5/h1-4,16-17H,(H2,12,19)(H2,13,14,15,18). The monoisotopic (exact) mass is 278 g/mol. The fourth-order valence-electron chi connectivity index (χ4n) is 1.42. The molecular formula is C11H10N4O3S. The van der Waals surface area contributed by atoms with Gasteiger partial charge in [-0.25, -0.2) is 0 Å². The lowest BCUT2D eigenvalue weighted by molar-refractivity contribution is 0.102. The number of aromatic nitrogens is 2. The number of thiocarbonyl (C=S) groups is 1. The lowest BCUT2D eigenvalue weighted by atomic mass is 10.2. The number of phenolic OH excluding ortho intramolecular Hbond substituents is 2. The molecule has 0 atom stereocenters. The van der Waals surface area contributed by atoms with E-state index in [1.54, 1.807) is 0 Å². The van der Waals surface area contributed by atoms with E-state index < -0.39 is 5.91 Å². The summed E-state index contributed by atoms with van der Waals surface area (Å²) in [4.78, 5) is 12.0. The van der Waals surface area contributed by atoms with Crippen LogP contribution in [0.2, 0.25) is 0 Å². The molecule has 0 fully saturated rings. The van der Waals surface area contributed by atoms with Crippen LogP contribution in [0.15, 0.2) is 24.4 Å². The average molecular weight is 278 g/mol. The maximum Gasteiger partial charge on any atom is 0.256 e. The predicted octanol–water partition coefficient (Wildman–Crippen LogP) is 0.707. The Labute approximate surface area is 113 Å². The number of aromatic hydroxyl groups is 2. The summed E-state index contributed by atoms with van der Waals surface area (Å²) in [7, 11) is 0. The van der Waals surface area contributed by atoms with Crippen molar-refractivity contribution in [3.05, 3.63) is 35.5 Å². The Hall–Kier alpha value is -2.61. The molecule has 98 valence electrons. The molecule has 0 unspecified atom stereocenters. The molecule has 2 rings (SSSR count). The van der Waals surface area contributed by atoms with Crippen molar-refractivity contribution in [1.82, 2.24) is 10.2 Å². The first-order chi connectivity index (χ1) is 8.99. The number of phenols is 2. The van der Waals surface area contributed by atoms with E-state index in [1.807, 2.05) is 0 Å². The van der Waals surface area contributed by atoms with Crippen molar-refractivity contribution in [1.29, 1.82) is 0 Å². The molecule has 1 amide bonds. The average Bonchev–Trinajstić information content (AvgIpc) is 2.80. The third-order valence-corrected chi connectivity index (χ3v) is 2.60. The third-order valence-electron chi connectivity index (χ3n) is 2.38. The number of hydrogen-bond donors (Lipinski definition) is 5. The zero-order valence-electron chi connectivity index (χ0n) is 9.54. The van der Waals surface area contributed by atoms with Crippen molar-refractivity contribution in [3.8, 4) is 11.5 Å². The Bertz CT molecular complexity index is 653. The highest BCUT2D eigenvalue weighted by Gasteiger charge is 2.13. The van der Waals surface area contributed by atoms with Gasteiger partial charge in [0.15, 0.2) is 11.5 Å². The Morgan fingerprint density at radius 3 is 2.74 bits per heavy atom. The fourth-order valence-corrected chi connectivity index (χ4v) is 1.57. The molecule has 0 aliphatic carbocycles. The van der Waals surface area contributed by atoms with Gasteiger partial charge in [-0.3, -0.25) is 9.89 Å². The smallest absolute Gasteiger partial charge is 0.256 e. The van der Waals surface area contributed by atoms with Gasteiger partial charge < -0.3 is 21.3 Å². The Morgan fingerprint density at radius 1 is 1.37 bits per heavy atom. The van der Waals surface area contributed by atoms with Gasteiger partial charge >= 0.3 is 0 Å². The van der Waals surface area contributed by atoms with Gasteiger partial charge in [0.1, 0.15) is 10.8 Å². The Kier molecular flexibility index (Phi) is 3.34. The van der Waals surface area contributed by atoms with Crippen LogP contribution in [-0.2, 0) is 0 Å². The second-order valence-electron chi connectivity index (χ2n) is 3.68. The van der Waals surface area contributed by atoms with E-state index >= 15 is 0 Å². The van der Waals surface area contributed by atoms with Crippen LogP contribution in [0, 0.1) is 0 Å². The van der Waals surface area contributed by atoms with E-state index in [0.717, 1.165) is 6.07 Å². The van der Waals surface area contributed by atoms with Crippen LogP contribution >= 0.6 is 12.2 Å². The summed E-state index contributed by atoms with van der Waals surface area (Å²) < 4.78 is 0. The largest absolute Gasteiger partial charge is 0.504 e. The van der Waals surface area contributed by atoms with Crippen molar-refractivity contribution < 1.29 is 15.0 Å². The minimum absolute atomic E-state index is 0.0950. The highest BCUT2D eigenvalue weighted by Crippen LogP contribution is 2.25. The van der Waals surface area contributed by atoms with Gasteiger partial charge in [-0.2, -0.15) is 5.10 Å². The van der Waals surface area contributed by atoms with Crippen LogP contribution in [-0.4, -0.2) is 31.3 Å². The molecule has 0 bridgehead atoms. The van der Waals surface area contributed by atoms with Crippen molar-refractivity contribution in [2.45, 2.75) is 0 Å². The van der Waals surface area contributed by atoms with Crippen LogP contribution in [0.1, 0.15) is 15.9 Å². The summed E-state index contributed by atoms with van der Waals surface area (Å²) in [5, 5.41) is 27.3. The number of aromatic amines is 1.